The SMILES string of the molecule is CCCC(C#N)(CCC)C(=O)N1CCN(C)C(=O)C1(C)C. The first-order valence-corrected chi connectivity index (χ1v) is 7.75. The Balaban J connectivity index is 3.15. The summed E-state index contributed by atoms with van der Waals surface area (Å²) in [5.41, 5.74) is -1.87. The van der Waals surface area contributed by atoms with Gasteiger partial charge in [-0.05, 0) is 26.7 Å². The fourth-order valence-corrected chi connectivity index (χ4v) is 3.18. The van der Waals surface area contributed by atoms with E-state index in [0.29, 0.717) is 25.9 Å². The number of likely N-dealkylation sites (N-methyl/N-ethyl adjacent to an activating group) is 1. The van der Waals surface area contributed by atoms with Crippen LogP contribution in [0, 0.1) is 16.7 Å². The zero-order valence-corrected chi connectivity index (χ0v) is 13.9. The molecule has 0 N–H and O–H groups in total. The molecule has 1 saturated heterocycles. The Morgan fingerprint density at radius 3 is 2.24 bits per heavy atom. The summed E-state index contributed by atoms with van der Waals surface area (Å²) < 4.78 is 0. The molecule has 21 heavy (non-hydrogen) atoms. The van der Waals surface area contributed by atoms with E-state index in [2.05, 4.69) is 6.07 Å². The lowest BCUT2D eigenvalue weighted by Crippen LogP contribution is -2.65. The lowest BCUT2D eigenvalue weighted by molar-refractivity contribution is -0.162. The Bertz CT molecular complexity index is 445. The first-order chi connectivity index (χ1) is 9.76. The monoisotopic (exact) mass is 293 g/mol. The minimum absolute atomic E-state index is 0.0677. The molecule has 0 aromatic rings. The van der Waals surface area contributed by atoms with Crippen LogP contribution < -0.4 is 0 Å². The molecule has 0 radical (unpaired) electrons. The number of nitriles is 1. The van der Waals surface area contributed by atoms with Gasteiger partial charge in [0.25, 0.3) is 0 Å². The van der Waals surface area contributed by atoms with Crippen LogP contribution in [-0.4, -0.2) is 47.3 Å². The third-order valence-corrected chi connectivity index (χ3v) is 4.43. The molecule has 2 amide bonds. The zero-order chi connectivity index (χ0) is 16.3. The second-order valence-electron chi connectivity index (χ2n) is 6.44. The average molecular weight is 293 g/mol. The fraction of sp³-hybridized carbons (Fsp3) is 0.812. The Morgan fingerprint density at radius 2 is 1.81 bits per heavy atom. The van der Waals surface area contributed by atoms with E-state index in [1.54, 1.807) is 30.7 Å². The van der Waals surface area contributed by atoms with Gasteiger partial charge in [0, 0.05) is 20.1 Å². The predicted molar refractivity (Wildman–Crippen MR) is 81.3 cm³/mol. The first-order valence-electron chi connectivity index (χ1n) is 7.75. The summed E-state index contributed by atoms with van der Waals surface area (Å²) in [6, 6.07) is 2.26. The van der Waals surface area contributed by atoms with Crippen LogP contribution in [0.1, 0.15) is 53.4 Å². The molecular weight excluding hydrogens is 266 g/mol. The number of rotatable bonds is 5. The van der Waals surface area contributed by atoms with Crippen molar-refractivity contribution >= 4 is 11.8 Å². The molecule has 1 heterocycles. The van der Waals surface area contributed by atoms with Gasteiger partial charge in [-0.2, -0.15) is 5.26 Å². The Kier molecular flexibility index (Phi) is 5.38. The van der Waals surface area contributed by atoms with Gasteiger partial charge < -0.3 is 9.80 Å². The van der Waals surface area contributed by atoms with E-state index >= 15 is 0 Å². The molecule has 0 saturated carbocycles. The number of amides is 2. The minimum atomic E-state index is -0.989. The van der Waals surface area contributed by atoms with Crippen molar-refractivity contribution in [3.63, 3.8) is 0 Å². The molecule has 1 fully saturated rings. The van der Waals surface area contributed by atoms with Gasteiger partial charge in [0.2, 0.25) is 11.8 Å². The quantitative estimate of drug-likeness (QED) is 0.780. The zero-order valence-electron chi connectivity index (χ0n) is 13.9. The third-order valence-electron chi connectivity index (χ3n) is 4.43. The molecule has 0 aliphatic carbocycles. The van der Waals surface area contributed by atoms with Crippen LogP contribution in [0.15, 0.2) is 0 Å². The van der Waals surface area contributed by atoms with Crippen molar-refractivity contribution in [2.75, 3.05) is 20.1 Å². The molecule has 0 atom stereocenters. The number of carbonyl (C=O) groups is 2. The summed E-state index contributed by atoms with van der Waals surface area (Å²) in [6.45, 7) is 8.51. The summed E-state index contributed by atoms with van der Waals surface area (Å²) in [6.07, 6.45) is 2.66. The van der Waals surface area contributed by atoms with Crippen LogP contribution in [0.5, 0.6) is 0 Å². The van der Waals surface area contributed by atoms with Crippen molar-refractivity contribution in [2.45, 2.75) is 58.9 Å². The molecule has 5 nitrogen and oxygen atoms in total. The van der Waals surface area contributed by atoms with Crippen molar-refractivity contribution in [2.24, 2.45) is 5.41 Å². The molecule has 5 heteroatoms. The van der Waals surface area contributed by atoms with Gasteiger partial charge in [0.05, 0.1) is 6.07 Å². The molecule has 1 aliphatic heterocycles. The normalized spacial score (nSPS) is 18.6. The van der Waals surface area contributed by atoms with Gasteiger partial charge in [-0.3, -0.25) is 9.59 Å². The highest BCUT2D eigenvalue weighted by Gasteiger charge is 2.49. The molecule has 0 bridgehead atoms. The topological polar surface area (TPSA) is 64.4 Å². The third kappa shape index (κ3) is 3.04. The Labute approximate surface area is 127 Å². The Hall–Kier alpha value is -1.57. The van der Waals surface area contributed by atoms with E-state index in [1.165, 1.54) is 0 Å². The molecular formula is C16H27N3O2. The second-order valence-corrected chi connectivity index (χ2v) is 6.44. The Morgan fingerprint density at radius 1 is 1.29 bits per heavy atom. The molecule has 0 unspecified atom stereocenters. The van der Waals surface area contributed by atoms with Crippen molar-refractivity contribution in [1.29, 1.82) is 5.26 Å². The predicted octanol–water partition coefficient (Wildman–Crippen LogP) is 2.18. The van der Waals surface area contributed by atoms with Gasteiger partial charge in [0.1, 0.15) is 11.0 Å². The number of hydrogen-bond donors (Lipinski definition) is 0. The van der Waals surface area contributed by atoms with Crippen molar-refractivity contribution in [1.82, 2.24) is 9.80 Å². The maximum atomic E-state index is 13.0. The van der Waals surface area contributed by atoms with E-state index in [9.17, 15) is 14.9 Å². The van der Waals surface area contributed by atoms with Gasteiger partial charge in [0.15, 0.2) is 0 Å². The standard InChI is InChI=1S/C16H27N3O2/c1-6-8-16(12-17,9-7-2)14(21)19-11-10-18(5)13(20)15(19,3)4/h6-11H2,1-5H3. The van der Waals surface area contributed by atoms with Crippen molar-refractivity contribution in [3.8, 4) is 6.07 Å². The maximum Gasteiger partial charge on any atom is 0.247 e. The summed E-state index contributed by atoms with van der Waals surface area (Å²) in [4.78, 5) is 28.6. The molecule has 0 spiro atoms. The summed E-state index contributed by atoms with van der Waals surface area (Å²) in [5.74, 6) is -0.248. The van der Waals surface area contributed by atoms with Crippen LogP contribution in [0.3, 0.4) is 0 Å². The number of nitrogens with zero attached hydrogens (tertiary/aromatic N) is 3. The largest absolute Gasteiger partial charge is 0.342 e. The van der Waals surface area contributed by atoms with Crippen LogP contribution >= 0.6 is 0 Å². The summed E-state index contributed by atoms with van der Waals surface area (Å²) >= 11 is 0. The van der Waals surface area contributed by atoms with Gasteiger partial charge in [-0.1, -0.05) is 26.7 Å². The fourth-order valence-electron chi connectivity index (χ4n) is 3.18. The van der Waals surface area contributed by atoms with Crippen molar-refractivity contribution < 1.29 is 9.59 Å². The number of piperazine rings is 1. The van der Waals surface area contributed by atoms with E-state index < -0.39 is 11.0 Å². The van der Waals surface area contributed by atoms with E-state index in [1.807, 2.05) is 13.8 Å². The number of hydrogen-bond acceptors (Lipinski definition) is 3. The minimum Gasteiger partial charge on any atom is -0.342 e. The van der Waals surface area contributed by atoms with Crippen LogP contribution in [0.25, 0.3) is 0 Å². The summed E-state index contributed by atoms with van der Waals surface area (Å²) in [7, 11) is 1.75. The molecule has 0 aromatic carbocycles. The first kappa shape index (κ1) is 17.5. The van der Waals surface area contributed by atoms with E-state index in [4.69, 9.17) is 0 Å². The van der Waals surface area contributed by atoms with Crippen LogP contribution in [0.2, 0.25) is 0 Å². The highest BCUT2D eigenvalue weighted by atomic mass is 16.2. The molecule has 0 aromatic heterocycles. The van der Waals surface area contributed by atoms with Gasteiger partial charge >= 0.3 is 0 Å². The van der Waals surface area contributed by atoms with E-state index in [0.717, 1.165) is 12.8 Å². The average Bonchev–Trinajstić information content (AvgIpc) is 2.44. The van der Waals surface area contributed by atoms with Gasteiger partial charge in [-0.15, -0.1) is 0 Å². The highest BCUT2D eigenvalue weighted by Crippen LogP contribution is 2.35. The molecule has 118 valence electrons. The molecule has 1 aliphatic rings. The lowest BCUT2D eigenvalue weighted by atomic mass is 9.78. The smallest absolute Gasteiger partial charge is 0.247 e. The molecule has 1 rings (SSSR count). The van der Waals surface area contributed by atoms with Crippen molar-refractivity contribution in [3.05, 3.63) is 0 Å². The highest BCUT2D eigenvalue weighted by molar-refractivity contribution is 5.94. The lowest BCUT2D eigenvalue weighted by Gasteiger charge is -2.47. The second kappa shape index (κ2) is 6.46. The maximum absolute atomic E-state index is 13.0. The number of carbonyl (C=O) groups excluding carboxylic acids is 2. The van der Waals surface area contributed by atoms with Crippen LogP contribution in [-0.2, 0) is 9.59 Å². The van der Waals surface area contributed by atoms with E-state index in [-0.39, 0.29) is 11.8 Å². The summed E-state index contributed by atoms with van der Waals surface area (Å²) in [5, 5.41) is 9.64. The van der Waals surface area contributed by atoms with Gasteiger partial charge in [-0.25, -0.2) is 0 Å². The van der Waals surface area contributed by atoms with Crippen LogP contribution in [0.4, 0.5) is 0 Å².